The van der Waals surface area contributed by atoms with Gasteiger partial charge in [0.1, 0.15) is 22.0 Å². The van der Waals surface area contributed by atoms with Crippen LogP contribution in [-0.4, -0.2) is 31.1 Å². The second-order valence-corrected chi connectivity index (χ2v) is 9.48. The van der Waals surface area contributed by atoms with Crippen LogP contribution >= 0.6 is 11.6 Å². The summed E-state index contributed by atoms with van der Waals surface area (Å²) in [7, 11) is -3.10. The summed E-state index contributed by atoms with van der Waals surface area (Å²) >= 11 is 6.19. The number of rotatable bonds is 6. The first-order valence-corrected chi connectivity index (χ1v) is 12.3. The van der Waals surface area contributed by atoms with E-state index < -0.39 is 26.7 Å². The minimum Gasteiger partial charge on any atom is -0.505 e. The lowest BCUT2D eigenvalue weighted by molar-refractivity contribution is 0.102. The van der Waals surface area contributed by atoms with E-state index >= 15 is 0 Å². The third-order valence-electron chi connectivity index (χ3n) is 5.36. The molecule has 0 unspecified atom stereocenters. The van der Waals surface area contributed by atoms with Crippen molar-refractivity contribution < 1.29 is 27.6 Å². The van der Waals surface area contributed by atoms with Gasteiger partial charge in [0.25, 0.3) is 16.0 Å². The summed E-state index contributed by atoms with van der Waals surface area (Å²) in [6, 6.07) is 18.0. The molecule has 9 nitrogen and oxygen atoms in total. The average molecular weight is 526 g/mol. The van der Waals surface area contributed by atoms with E-state index in [2.05, 4.69) is 15.5 Å². The van der Waals surface area contributed by atoms with E-state index in [9.17, 15) is 22.9 Å². The molecule has 4 aromatic rings. The predicted octanol–water partition coefficient (Wildman–Crippen LogP) is 6.43. The number of benzene rings is 4. The highest BCUT2D eigenvalue weighted by Gasteiger charge is 2.22. The number of anilines is 1. The van der Waals surface area contributed by atoms with Crippen molar-refractivity contribution in [3.63, 3.8) is 0 Å². The van der Waals surface area contributed by atoms with Crippen LogP contribution < -0.4 is 10.1 Å². The number of halogens is 1. The molecule has 0 atom stereocenters. The SMILES string of the molecule is COc1cccc(NC(=O)c2cc3ccccc3c(N=Nc3ccc(C)c(S(=O)(=O)O)c3Cl)c2O)c1. The van der Waals surface area contributed by atoms with Crippen LogP contribution in [0.5, 0.6) is 11.5 Å². The number of carbonyl (C=O) groups is 1. The Bertz CT molecular complexity index is 1640. The molecule has 0 aliphatic heterocycles. The molecule has 0 aliphatic rings. The summed E-state index contributed by atoms with van der Waals surface area (Å²) in [6.07, 6.45) is 0. The zero-order valence-corrected chi connectivity index (χ0v) is 20.6. The number of phenolic OH excluding ortho intramolecular Hbond substituents is 1. The van der Waals surface area contributed by atoms with Gasteiger partial charge in [-0.2, -0.15) is 8.42 Å². The molecule has 4 aromatic carbocycles. The van der Waals surface area contributed by atoms with E-state index in [4.69, 9.17) is 16.3 Å². The van der Waals surface area contributed by atoms with Gasteiger partial charge in [0, 0.05) is 17.1 Å². The van der Waals surface area contributed by atoms with Crippen LogP contribution in [0.25, 0.3) is 10.8 Å². The van der Waals surface area contributed by atoms with E-state index in [0.717, 1.165) is 0 Å². The van der Waals surface area contributed by atoms with E-state index in [1.165, 1.54) is 32.2 Å². The van der Waals surface area contributed by atoms with Crippen LogP contribution in [-0.2, 0) is 10.1 Å². The lowest BCUT2D eigenvalue weighted by Crippen LogP contribution is -2.12. The molecule has 0 aromatic heterocycles. The molecule has 0 radical (unpaired) electrons. The van der Waals surface area contributed by atoms with Gasteiger partial charge in [-0.1, -0.05) is 48.0 Å². The molecular formula is C25H20ClN3O6S. The number of nitrogens with zero attached hydrogens (tertiary/aromatic N) is 2. The number of fused-ring (bicyclic) bond motifs is 1. The van der Waals surface area contributed by atoms with E-state index in [1.54, 1.807) is 48.5 Å². The highest BCUT2D eigenvalue weighted by molar-refractivity contribution is 7.86. The van der Waals surface area contributed by atoms with Gasteiger partial charge in [-0.25, -0.2) is 0 Å². The molecule has 0 saturated heterocycles. The predicted molar refractivity (Wildman–Crippen MR) is 137 cm³/mol. The van der Waals surface area contributed by atoms with Crippen molar-refractivity contribution in [2.75, 3.05) is 12.4 Å². The monoisotopic (exact) mass is 525 g/mol. The molecule has 11 heteroatoms. The maximum atomic E-state index is 13.1. The van der Waals surface area contributed by atoms with Crippen molar-refractivity contribution in [3.8, 4) is 11.5 Å². The molecule has 0 spiro atoms. The summed E-state index contributed by atoms with van der Waals surface area (Å²) in [4.78, 5) is 12.6. The molecule has 36 heavy (non-hydrogen) atoms. The first kappa shape index (κ1) is 25.1. The van der Waals surface area contributed by atoms with Gasteiger partial charge >= 0.3 is 0 Å². The number of methoxy groups -OCH3 is 1. The highest BCUT2D eigenvalue weighted by Crippen LogP contribution is 2.41. The molecule has 4 rings (SSSR count). The molecular weight excluding hydrogens is 506 g/mol. The van der Waals surface area contributed by atoms with Crippen LogP contribution in [0.2, 0.25) is 5.02 Å². The van der Waals surface area contributed by atoms with Gasteiger partial charge in [-0.3, -0.25) is 9.35 Å². The number of azo groups is 1. The topological polar surface area (TPSA) is 138 Å². The Morgan fingerprint density at radius 3 is 2.50 bits per heavy atom. The number of phenols is 1. The number of hydrogen-bond acceptors (Lipinski definition) is 7. The summed E-state index contributed by atoms with van der Waals surface area (Å²) in [6.45, 7) is 1.47. The maximum absolute atomic E-state index is 13.1. The van der Waals surface area contributed by atoms with E-state index in [0.29, 0.717) is 22.2 Å². The average Bonchev–Trinajstić information content (AvgIpc) is 2.83. The fourth-order valence-electron chi connectivity index (χ4n) is 3.63. The second kappa shape index (κ2) is 9.94. The number of aromatic hydroxyl groups is 1. The van der Waals surface area contributed by atoms with E-state index in [1.807, 2.05) is 0 Å². The van der Waals surface area contributed by atoms with Crippen LogP contribution in [0.3, 0.4) is 0 Å². The first-order chi connectivity index (χ1) is 17.1. The Kier molecular flexibility index (Phi) is 6.93. The molecule has 0 saturated carbocycles. The number of carbonyl (C=O) groups excluding carboxylic acids is 1. The molecule has 184 valence electrons. The van der Waals surface area contributed by atoms with Gasteiger partial charge in [0.2, 0.25) is 0 Å². The Morgan fingerprint density at radius 1 is 1.03 bits per heavy atom. The van der Waals surface area contributed by atoms with Crippen molar-refractivity contribution in [1.82, 2.24) is 0 Å². The Balaban J connectivity index is 1.80. The largest absolute Gasteiger partial charge is 0.505 e. The van der Waals surface area contributed by atoms with Gasteiger partial charge < -0.3 is 15.2 Å². The molecule has 0 heterocycles. The minimum atomic E-state index is -4.61. The third-order valence-corrected chi connectivity index (χ3v) is 6.89. The summed E-state index contributed by atoms with van der Waals surface area (Å²) in [5.74, 6) is -0.481. The van der Waals surface area contributed by atoms with Crippen LogP contribution in [0.15, 0.2) is 81.9 Å². The number of aryl methyl sites for hydroxylation is 1. The Morgan fingerprint density at radius 2 is 1.78 bits per heavy atom. The number of nitrogens with one attached hydrogen (secondary N) is 1. The number of ether oxygens (including phenoxy) is 1. The van der Waals surface area contributed by atoms with Crippen molar-refractivity contribution in [1.29, 1.82) is 0 Å². The van der Waals surface area contributed by atoms with Crippen LogP contribution in [0, 0.1) is 6.92 Å². The molecule has 0 aliphatic carbocycles. The molecule has 0 bridgehead atoms. The molecule has 0 fully saturated rings. The molecule has 1 amide bonds. The summed E-state index contributed by atoms with van der Waals surface area (Å²) in [5.41, 5.74) is 0.558. The standard InChI is InChI=1S/C25H20ClN3O6S/c1-14-10-11-20(21(26)24(14)36(32,33)34)28-29-22-18-9-4-3-6-15(18)12-19(23(22)30)25(31)27-16-7-5-8-17(13-16)35-2/h3-13,30H,1-2H3,(H,27,31)(H,32,33,34). The smallest absolute Gasteiger partial charge is 0.296 e. The summed E-state index contributed by atoms with van der Waals surface area (Å²) in [5, 5.41) is 22.6. The van der Waals surface area contributed by atoms with Gasteiger partial charge in [0.05, 0.1) is 17.7 Å². The third kappa shape index (κ3) is 5.01. The lowest BCUT2D eigenvalue weighted by atomic mass is 10.0. The second-order valence-electron chi connectivity index (χ2n) is 7.75. The number of amides is 1. The van der Waals surface area contributed by atoms with E-state index in [-0.39, 0.29) is 27.5 Å². The van der Waals surface area contributed by atoms with Gasteiger partial charge in [-0.15, -0.1) is 10.2 Å². The van der Waals surface area contributed by atoms with Crippen LogP contribution in [0.1, 0.15) is 15.9 Å². The fourth-order valence-corrected chi connectivity index (χ4v) is 4.98. The fraction of sp³-hybridized carbons (Fsp3) is 0.0800. The lowest BCUT2D eigenvalue weighted by Gasteiger charge is -2.12. The normalized spacial score (nSPS) is 11.7. The van der Waals surface area contributed by atoms with Gasteiger partial charge in [0.15, 0.2) is 5.75 Å². The van der Waals surface area contributed by atoms with Gasteiger partial charge in [-0.05, 0) is 42.1 Å². The highest BCUT2D eigenvalue weighted by atomic mass is 35.5. The Labute approximate surface area is 211 Å². The zero-order chi connectivity index (χ0) is 26.0. The Hall–Kier alpha value is -3.99. The maximum Gasteiger partial charge on any atom is 0.296 e. The number of hydrogen-bond donors (Lipinski definition) is 3. The minimum absolute atomic E-state index is 0.0195. The molecule has 3 N–H and O–H groups in total. The zero-order valence-electron chi connectivity index (χ0n) is 19.1. The quantitative estimate of drug-likeness (QED) is 0.196. The van der Waals surface area contributed by atoms with Crippen molar-refractivity contribution >= 4 is 55.5 Å². The summed E-state index contributed by atoms with van der Waals surface area (Å²) < 4.78 is 38.2. The van der Waals surface area contributed by atoms with Crippen molar-refractivity contribution in [2.24, 2.45) is 10.2 Å². The van der Waals surface area contributed by atoms with Crippen molar-refractivity contribution in [3.05, 3.63) is 82.9 Å². The first-order valence-electron chi connectivity index (χ1n) is 10.5. The van der Waals surface area contributed by atoms with Crippen molar-refractivity contribution in [2.45, 2.75) is 11.8 Å². The van der Waals surface area contributed by atoms with Crippen LogP contribution in [0.4, 0.5) is 17.1 Å².